The number of aliphatic hydroxyl groups is 1. The molecule has 1 aromatic carbocycles. The van der Waals surface area contributed by atoms with E-state index in [0.717, 1.165) is 11.1 Å². The van der Waals surface area contributed by atoms with E-state index in [4.69, 9.17) is 14.3 Å². The number of likely N-dealkylation sites (tertiary alicyclic amines) is 1. The molecule has 1 atom stereocenters. The standard InChI is InChI=1S/C21H20N4O5/c1-12-13(6-22)7-23-8-18(12)16-3-4-17(20-19(16)29-11-30-20)21(27)25-9-14(24-28-2)5-15(25)10-26/h3-4,7-8,15,26H,5,9-11H2,1-2H3/b24-14-/t15-/m0/s1. The first-order chi connectivity index (χ1) is 14.6. The maximum absolute atomic E-state index is 13.3. The van der Waals surface area contributed by atoms with Crippen molar-refractivity contribution in [1.82, 2.24) is 9.88 Å². The van der Waals surface area contributed by atoms with Crippen molar-refractivity contribution in [2.24, 2.45) is 5.16 Å². The van der Waals surface area contributed by atoms with Crippen LogP contribution in [0.3, 0.4) is 0 Å². The zero-order valence-corrected chi connectivity index (χ0v) is 16.6. The summed E-state index contributed by atoms with van der Waals surface area (Å²) in [6.07, 6.45) is 3.61. The summed E-state index contributed by atoms with van der Waals surface area (Å²) in [5.41, 5.74) is 3.69. The van der Waals surface area contributed by atoms with E-state index in [0.29, 0.717) is 40.3 Å². The second-order valence-electron chi connectivity index (χ2n) is 7.01. The highest BCUT2D eigenvalue weighted by Gasteiger charge is 2.36. The molecule has 0 aliphatic carbocycles. The highest BCUT2D eigenvalue weighted by atomic mass is 16.7. The third kappa shape index (κ3) is 3.21. The van der Waals surface area contributed by atoms with Gasteiger partial charge in [0.1, 0.15) is 13.2 Å². The lowest BCUT2D eigenvalue weighted by Crippen LogP contribution is -2.38. The Hall–Kier alpha value is -3.64. The number of hydrogen-bond acceptors (Lipinski definition) is 8. The topological polar surface area (TPSA) is 117 Å². The average Bonchev–Trinajstić information content (AvgIpc) is 3.40. The van der Waals surface area contributed by atoms with Gasteiger partial charge in [-0.25, -0.2) is 0 Å². The number of nitriles is 1. The molecule has 30 heavy (non-hydrogen) atoms. The number of fused-ring (bicyclic) bond motifs is 1. The molecule has 0 unspecified atom stereocenters. The number of pyridine rings is 1. The summed E-state index contributed by atoms with van der Waals surface area (Å²) in [5, 5.41) is 22.9. The molecule has 2 aromatic rings. The van der Waals surface area contributed by atoms with Crippen LogP contribution in [0.1, 0.15) is 27.9 Å². The summed E-state index contributed by atoms with van der Waals surface area (Å²) in [6.45, 7) is 1.90. The van der Waals surface area contributed by atoms with Crippen LogP contribution in [0, 0.1) is 18.3 Å². The minimum absolute atomic E-state index is 0.0170. The van der Waals surface area contributed by atoms with Crippen LogP contribution in [0.15, 0.2) is 29.7 Å². The molecule has 9 nitrogen and oxygen atoms in total. The molecule has 3 heterocycles. The average molecular weight is 408 g/mol. The molecule has 2 aliphatic rings. The van der Waals surface area contributed by atoms with Crippen molar-refractivity contribution < 1.29 is 24.2 Å². The summed E-state index contributed by atoms with van der Waals surface area (Å²) in [4.78, 5) is 23.8. The van der Waals surface area contributed by atoms with Crippen LogP contribution in [0.5, 0.6) is 11.5 Å². The third-order valence-electron chi connectivity index (χ3n) is 5.33. The minimum atomic E-state index is -0.386. The lowest BCUT2D eigenvalue weighted by Gasteiger charge is -2.23. The molecule has 1 amide bonds. The largest absolute Gasteiger partial charge is 0.453 e. The van der Waals surface area contributed by atoms with Gasteiger partial charge in [-0.1, -0.05) is 5.16 Å². The summed E-state index contributed by atoms with van der Waals surface area (Å²) < 4.78 is 11.3. The lowest BCUT2D eigenvalue weighted by molar-refractivity contribution is 0.0675. The summed E-state index contributed by atoms with van der Waals surface area (Å²) in [7, 11) is 1.44. The van der Waals surface area contributed by atoms with Crippen LogP contribution in [0.25, 0.3) is 11.1 Å². The van der Waals surface area contributed by atoms with Crippen molar-refractivity contribution in [3.63, 3.8) is 0 Å². The van der Waals surface area contributed by atoms with Crippen molar-refractivity contribution in [3.05, 3.63) is 41.2 Å². The number of amides is 1. The Balaban J connectivity index is 1.74. The normalized spacial score (nSPS) is 18.5. The Morgan fingerprint density at radius 3 is 2.90 bits per heavy atom. The number of nitrogens with zero attached hydrogens (tertiary/aromatic N) is 4. The van der Waals surface area contributed by atoms with Crippen molar-refractivity contribution in [1.29, 1.82) is 5.26 Å². The number of benzene rings is 1. The van der Waals surface area contributed by atoms with E-state index >= 15 is 0 Å². The molecular formula is C21H20N4O5. The minimum Gasteiger partial charge on any atom is -0.453 e. The van der Waals surface area contributed by atoms with Gasteiger partial charge in [0.15, 0.2) is 11.5 Å². The van der Waals surface area contributed by atoms with E-state index in [1.165, 1.54) is 13.3 Å². The molecule has 154 valence electrons. The quantitative estimate of drug-likeness (QED) is 0.768. The van der Waals surface area contributed by atoms with Gasteiger partial charge in [0.2, 0.25) is 6.79 Å². The monoisotopic (exact) mass is 408 g/mol. The third-order valence-corrected chi connectivity index (χ3v) is 5.33. The fourth-order valence-electron chi connectivity index (χ4n) is 3.81. The Labute approximate surface area is 173 Å². The van der Waals surface area contributed by atoms with E-state index in [1.54, 1.807) is 23.2 Å². The van der Waals surface area contributed by atoms with Crippen LogP contribution in [-0.4, -0.2) is 59.7 Å². The molecular weight excluding hydrogens is 388 g/mol. The Kier molecular flexibility index (Phi) is 5.25. The molecule has 2 aliphatic heterocycles. The van der Waals surface area contributed by atoms with Crippen molar-refractivity contribution in [2.75, 3.05) is 27.1 Å². The number of ether oxygens (including phenoxy) is 2. The fraction of sp³-hybridized carbons (Fsp3) is 0.333. The number of carbonyl (C=O) groups is 1. The molecule has 4 rings (SSSR count). The number of aliphatic hydroxyl groups excluding tert-OH is 1. The molecule has 1 fully saturated rings. The van der Waals surface area contributed by atoms with E-state index in [1.807, 2.05) is 6.92 Å². The summed E-state index contributed by atoms with van der Waals surface area (Å²) >= 11 is 0. The molecule has 1 N–H and O–H groups in total. The van der Waals surface area contributed by atoms with Crippen LogP contribution < -0.4 is 9.47 Å². The molecule has 0 radical (unpaired) electrons. The van der Waals surface area contributed by atoms with Crippen molar-refractivity contribution in [3.8, 4) is 28.7 Å². The molecule has 0 saturated carbocycles. The van der Waals surface area contributed by atoms with Crippen LogP contribution in [0.2, 0.25) is 0 Å². The van der Waals surface area contributed by atoms with E-state index < -0.39 is 0 Å². The van der Waals surface area contributed by atoms with Crippen molar-refractivity contribution in [2.45, 2.75) is 19.4 Å². The van der Waals surface area contributed by atoms with Gasteiger partial charge < -0.3 is 24.3 Å². The lowest BCUT2D eigenvalue weighted by atomic mass is 9.97. The molecule has 0 bridgehead atoms. The maximum Gasteiger partial charge on any atom is 0.258 e. The summed E-state index contributed by atoms with van der Waals surface area (Å²) in [5.74, 6) is 0.490. The van der Waals surface area contributed by atoms with Crippen molar-refractivity contribution >= 4 is 11.6 Å². The highest BCUT2D eigenvalue weighted by molar-refractivity contribution is 6.03. The van der Waals surface area contributed by atoms with Gasteiger partial charge in [0, 0.05) is 29.9 Å². The van der Waals surface area contributed by atoms with Crippen LogP contribution >= 0.6 is 0 Å². The predicted octanol–water partition coefficient (Wildman–Crippen LogP) is 1.87. The number of aromatic nitrogens is 1. The Morgan fingerprint density at radius 1 is 1.37 bits per heavy atom. The van der Waals surface area contributed by atoms with E-state index in [2.05, 4.69) is 16.2 Å². The zero-order valence-electron chi connectivity index (χ0n) is 16.6. The van der Waals surface area contributed by atoms with E-state index in [9.17, 15) is 15.2 Å². The fourth-order valence-corrected chi connectivity index (χ4v) is 3.81. The summed E-state index contributed by atoms with van der Waals surface area (Å²) in [6, 6.07) is 5.17. The van der Waals surface area contributed by atoms with Crippen LogP contribution in [0.4, 0.5) is 0 Å². The second kappa shape index (κ2) is 8.00. The van der Waals surface area contributed by atoms with Crippen LogP contribution in [-0.2, 0) is 4.84 Å². The van der Waals surface area contributed by atoms with Gasteiger partial charge in [-0.3, -0.25) is 9.78 Å². The first-order valence-electron chi connectivity index (χ1n) is 9.37. The number of hydrogen-bond donors (Lipinski definition) is 1. The van der Waals surface area contributed by atoms with Gasteiger partial charge >= 0.3 is 0 Å². The van der Waals surface area contributed by atoms with Gasteiger partial charge in [-0.15, -0.1) is 0 Å². The Bertz CT molecular complexity index is 1080. The number of rotatable bonds is 4. The molecule has 1 aromatic heterocycles. The van der Waals surface area contributed by atoms with E-state index in [-0.39, 0.29) is 31.9 Å². The highest BCUT2D eigenvalue weighted by Crippen LogP contribution is 2.45. The molecule has 0 spiro atoms. The molecule has 9 heteroatoms. The van der Waals surface area contributed by atoms with Gasteiger partial charge in [0.05, 0.1) is 36.0 Å². The van der Waals surface area contributed by atoms with Gasteiger partial charge in [-0.05, 0) is 24.6 Å². The second-order valence-corrected chi connectivity index (χ2v) is 7.01. The molecule has 1 saturated heterocycles. The van der Waals surface area contributed by atoms with Gasteiger partial charge in [0.25, 0.3) is 5.91 Å². The smallest absolute Gasteiger partial charge is 0.258 e. The maximum atomic E-state index is 13.3. The predicted molar refractivity (Wildman–Crippen MR) is 106 cm³/mol. The first kappa shape index (κ1) is 19.7. The van der Waals surface area contributed by atoms with Gasteiger partial charge in [-0.2, -0.15) is 5.26 Å². The SMILES string of the molecule is CO/N=C1/C[C@@H](CO)N(C(=O)c2ccc(-c3cncc(C#N)c3C)c3c2OCO3)C1. The first-order valence-corrected chi connectivity index (χ1v) is 9.37. The number of oxime groups is 1. The number of carbonyl (C=O) groups excluding carboxylic acids is 1. The zero-order chi connectivity index (χ0) is 21.3. The Morgan fingerprint density at radius 2 is 2.17 bits per heavy atom.